The molecule has 0 saturated heterocycles. The van der Waals surface area contributed by atoms with Crippen LogP contribution in [-0.4, -0.2) is 0 Å². The lowest BCUT2D eigenvalue weighted by molar-refractivity contribution is 1.14. The number of benzene rings is 1. The van der Waals surface area contributed by atoms with E-state index < -0.39 is 0 Å². The first-order chi connectivity index (χ1) is 14.6. The monoisotopic (exact) mass is 444 g/mol. The maximum atomic E-state index is 6.67. The van der Waals surface area contributed by atoms with Crippen molar-refractivity contribution >= 4 is 34.8 Å². The Morgan fingerprint density at radius 3 is 0.900 bits per heavy atom. The van der Waals surface area contributed by atoms with Crippen LogP contribution in [0.15, 0.2) is 72.9 Å². The third kappa shape index (κ3) is 4.51. The van der Waals surface area contributed by atoms with Gasteiger partial charge in [0, 0.05) is 0 Å². The first-order valence-electron chi connectivity index (χ1n) is 9.43. The first-order valence-corrected chi connectivity index (χ1v) is 10.6. The summed E-state index contributed by atoms with van der Waals surface area (Å²) in [5.41, 5.74) is 1.50. The van der Waals surface area contributed by atoms with Crippen LogP contribution in [-0.2, 0) is 0 Å². The van der Waals surface area contributed by atoms with Gasteiger partial charge >= 0.3 is 0 Å². The van der Waals surface area contributed by atoms with Crippen molar-refractivity contribution in [3.05, 3.63) is 105 Å². The molecule has 0 spiro atoms. The molecule has 0 bridgehead atoms. The number of rotatable bonds is 0. The highest BCUT2D eigenvalue weighted by Gasteiger charge is 2.19. The topological polar surface area (TPSA) is 0 Å². The fourth-order valence-corrected chi connectivity index (χ4v) is 4.04. The fourth-order valence-electron chi connectivity index (χ4n) is 3.04. The summed E-state index contributed by atoms with van der Waals surface area (Å²) in [4.78, 5) is 0. The van der Waals surface area contributed by atoms with E-state index in [2.05, 4.69) is 35.5 Å². The van der Waals surface area contributed by atoms with Gasteiger partial charge in [-0.3, -0.25) is 0 Å². The minimum atomic E-state index is 0.0272. The van der Waals surface area contributed by atoms with E-state index >= 15 is 0 Å². The van der Waals surface area contributed by atoms with Crippen LogP contribution >= 0.6 is 34.8 Å². The summed E-state index contributed by atoms with van der Waals surface area (Å²) >= 11 is 20.0. The SMILES string of the molecule is Clc1c(C#CC2C=CC=C2)c(Cl)c(C#CC2C=CC=C2)c(Cl)c1C#CC1C=CC=C1. The maximum absolute atomic E-state index is 6.67. The number of hydrogen-bond donors (Lipinski definition) is 0. The van der Waals surface area contributed by atoms with Crippen LogP contribution in [0, 0.1) is 53.3 Å². The smallest absolute Gasteiger partial charge is 0.0750 e. The average molecular weight is 446 g/mol. The van der Waals surface area contributed by atoms with Crippen molar-refractivity contribution in [1.29, 1.82) is 0 Å². The number of allylic oxidation sites excluding steroid dienone is 12. The van der Waals surface area contributed by atoms with Gasteiger partial charge in [0.2, 0.25) is 0 Å². The lowest BCUT2D eigenvalue weighted by Crippen LogP contribution is -1.96. The number of halogens is 3. The molecule has 3 heteroatoms. The van der Waals surface area contributed by atoms with Crippen LogP contribution in [0.3, 0.4) is 0 Å². The minimum Gasteiger partial charge on any atom is -0.0860 e. The van der Waals surface area contributed by atoms with Gasteiger partial charge in [-0.05, 0) is 0 Å². The zero-order valence-corrected chi connectivity index (χ0v) is 18.1. The molecule has 0 fully saturated rings. The Labute approximate surface area is 192 Å². The third-order valence-electron chi connectivity index (χ3n) is 4.65. The predicted octanol–water partition coefficient (Wildman–Crippen LogP) is 6.93. The Kier molecular flexibility index (Phi) is 6.38. The van der Waals surface area contributed by atoms with Gasteiger partial charge in [-0.2, -0.15) is 0 Å². The van der Waals surface area contributed by atoms with Crippen molar-refractivity contribution in [1.82, 2.24) is 0 Å². The zero-order chi connectivity index (χ0) is 20.9. The molecule has 30 heavy (non-hydrogen) atoms. The molecule has 144 valence electrons. The highest BCUT2D eigenvalue weighted by molar-refractivity contribution is 6.42. The Balaban J connectivity index is 1.83. The van der Waals surface area contributed by atoms with Gasteiger partial charge in [0.15, 0.2) is 0 Å². The van der Waals surface area contributed by atoms with Gasteiger partial charge in [0.25, 0.3) is 0 Å². The van der Waals surface area contributed by atoms with Crippen LogP contribution < -0.4 is 0 Å². The quantitative estimate of drug-likeness (QED) is 0.380. The van der Waals surface area contributed by atoms with Crippen molar-refractivity contribution in [2.75, 3.05) is 0 Å². The Morgan fingerprint density at radius 2 is 0.667 bits per heavy atom. The van der Waals surface area contributed by atoms with Crippen molar-refractivity contribution in [3.8, 4) is 35.5 Å². The molecule has 0 radical (unpaired) electrons. The van der Waals surface area contributed by atoms with Crippen LogP contribution in [0.2, 0.25) is 15.1 Å². The lowest BCUT2D eigenvalue weighted by Gasteiger charge is -2.10. The Hall–Kier alpha value is -2.79. The second-order valence-corrected chi connectivity index (χ2v) is 7.90. The molecule has 0 N–H and O–H groups in total. The molecule has 0 amide bonds. The van der Waals surface area contributed by atoms with Crippen molar-refractivity contribution in [2.45, 2.75) is 0 Å². The van der Waals surface area contributed by atoms with E-state index in [1.54, 1.807) is 0 Å². The average Bonchev–Trinajstić information content (AvgIpc) is 3.51. The van der Waals surface area contributed by atoms with E-state index in [0.29, 0.717) is 31.8 Å². The van der Waals surface area contributed by atoms with Crippen molar-refractivity contribution < 1.29 is 0 Å². The third-order valence-corrected chi connectivity index (χ3v) is 5.79. The molecular formula is C27H15Cl3. The van der Waals surface area contributed by atoms with Gasteiger partial charge in [0.1, 0.15) is 0 Å². The summed E-state index contributed by atoms with van der Waals surface area (Å²) in [6.07, 6.45) is 23.8. The number of hydrogen-bond acceptors (Lipinski definition) is 0. The van der Waals surface area contributed by atoms with Gasteiger partial charge < -0.3 is 0 Å². The molecule has 0 unspecified atom stereocenters. The van der Waals surface area contributed by atoms with Crippen LogP contribution in [0.25, 0.3) is 0 Å². The molecule has 1 aromatic rings. The van der Waals surface area contributed by atoms with E-state index in [-0.39, 0.29) is 17.8 Å². The molecule has 1 aromatic carbocycles. The Morgan fingerprint density at radius 1 is 0.433 bits per heavy atom. The summed E-state index contributed by atoms with van der Waals surface area (Å²) < 4.78 is 0. The normalized spacial score (nSPS) is 16.5. The summed E-state index contributed by atoms with van der Waals surface area (Å²) in [6.45, 7) is 0. The van der Waals surface area contributed by atoms with E-state index in [9.17, 15) is 0 Å². The van der Waals surface area contributed by atoms with Gasteiger partial charge in [0.05, 0.1) is 49.5 Å². The summed E-state index contributed by atoms with van der Waals surface area (Å²) in [5, 5.41) is 1.06. The van der Waals surface area contributed by atoms with Crippen molar-refractivity contribution in [2.24, 2.45) is 17.8 Å². The van der Waals surface area contributed by atoms with E-state index in [1.807, 2.05) is 72.9 Å². The molecule has 0 saturated carbocycles. The van der Waals surface area contributed by atoms with Gasteiger partial charge in [-0.25, -0.2) is 0 Å². The lowest BCUT2D eigenvalue weighted by atomic mass is 10.0. The minimum absolute atomic E-state index is 0.0272. The predicted molar refractivity (Wildman–Crippen MR) is 127 cm³/mol. The highest BCUT2D eigenvalue weighted by Crippen LogP contribution is 2.37. The van der Waals surface area contributed by atoms with Crippen molar-refractivity contribution in [3.63, 3.8) is 0 Å². The summed E-state index contributed by atoms with van der Waals surface area (Å²) in [7, 11) is 0. The van der Waals surface area contributed by atoms with Crippen LogP contribution in [0.5, 0.6) is 0 Å². The van der Waals surface area contributed by atoms with E-state index in [4.69, 9.17) is 34.8 Å². The summed E-state index contributed by atoms with van der Waals surface area (Å²) in [5.74, 6) is 19.0. The fraction of sp³-hybridized carbons (Fsp3) is 0.111. The largest absolute Gasteiger partial charge is 0.0860 e. The van der Waals surface area contributed by atoms with Crippen LogP contribution in [0.1, 0.15) is 16.7 Å². The second kappa shape index (κ2) is 9.35. The second-order valence-electron chi connectivity index (χ2n) is 6.76. The van der Waals surface area contributed by atoms with E-state index in [0.717, 1.165) is 0 Å². The highest BCUT2D eigenvalue weighted by atomic mass is 35.5. The molecule has 4 rings (SSSR count). The summed E-state index contributed by atoms with van der Waals surface area (Å²) in [6, 6.07) is 0. The molecule has 0 aliphatic heterocycles. The van der Waals surface area contributed by atoms with Gasteiger partial charge in [-0.1, -0.05) is 143 Å². The molecule has 3 aliphatic carbocycles. The molecular weight excluding hydrogens is 431 g/mol. The zero-order valence-electron chi connectivity index (χ0n) is 15.8. The molecule has 0 atom stereocenters. The van der Waals surface area contributed by atoms with Gasteiger partial charge in [-0.15, -0.1) is 0 Å². The Bertz CT molecular complexity index is 1030. The standard InChI is InChI=1S/C27H15Cl3/c28-25-22(16-13-19-7-1-2-8-19)26(29)24(18-15-21-11-5-6-12-21)27(30)23(25)17-14-20-9-3-4-10-20/h1-12,19-21H. The van der Waals surface area contributed by atoms with E-state index in [1.165, 1.54) is 0 Å². The first kappa shape index (κ1) is 20.5. The van der Waals surface area contributed by atoms with Crippen LogP contribution in [0.4, 0.5) is 0 Å². The maximum Gasteiger partial charge on any atom is 0.0750 e. The molecule has 0 aromatic heterocycles. The molecule has 0 nitrogen and oxygen atoms in total. The molecule has 3 aliphatic rings. The molecule has 0 heterocycles.